The lowest BCUT2D eigenvalue weighted by Gasteiger charge is -2.25. The number of H-pyrrole nitrogens is 1. The van der Waals surface area contributed by atoms with Crippen LogP contribution < -0.4 is 19.5 Å². The Bertz CT molecular complexity index is 1500. The normalized spacial score (nSPS) is 11.6. The van der Waals surface area contributed by atoms with Crippen LogP contribution in [0.15, 0.2) is 109 Å². The highest BCUT2D eigenvalue weighted by atomic mass is 16.5. The Morgan fingerprint density at radius 3 is 2.15 bits per heavy atom. The Morgan fingerprint density at radius 2 is 1.46 bits per heavy atom. The third-order valence-electron chi connectivity index (χ3n) is 6.18. The largest absolute Gasteiger partial charge is 0.488 e. The number of aromatic nitrogens is 4. The second kappa shape index (κ2) is 13.7. The van der Waals surface area contributed by atoms with Gasteiger partial charge in [0.05, 0.1) is 6.54 Å². The standard InChI is InChI=1S/C31H30N6O4/c1-37(20-30(38)32-24-16-18-26(19-17-24)41-25-12-6-3-7-13-25)27(31-33-35-36-34-31)22-40-29-15-9-8-14-28(29)39-21-23-10-4-2-5-11-23/h2-19,27H,20-22H2,1H3,(H,32,38)(H,33,34,35,36). The van der Waals surface area contributed by atoms with Gasteiger partial charge in [-0.2, -0.15) is 5.21 Å². The van der Waals surface area contributed by atoms with E-state index >= 15 is 0 Å². The molecule has 10 nitrogen and oxygen atoms in total. The van der Waals surface area contributed by atoms with Gasteiger partial charge in [0.1, 0.15) is 30.8 Å². The van der Waals surface area contributed by atoms with Crippen molar-refractivity contribution in [2.75, 3.05) is 25.5 Å². The van der Waals surface area contributed by atoms with Crippen molar-refractivity contribution in [3.8, 4) is 23.0 Å². The first kappa shape index (κ1) is 27.4. The summed E-state index contributed by atoms with van der Waals surface area (Å²) in [6.07, 6.45) is 0. The average Bonchev–Trinajstić information content (AvgIpc) is 3.53. The highest BCUT2D eigenvalue weighted by Crippen LogP contribution is 2.29. The van der Waals surface area contributed by atoms with Gasteiger partial charge in [-0.05, 0) is 61.1 Å². The molecule has 1 amide bonds. The van der Waals surface area contributed by atoms with Gasteiger partial charge in [0, 0.05) is 5.69 Å². The van der Waals surface area contributed by atoms with E-state index in [2.05, 4.69) is 25.9 Å². The first-order valence-corrected chi connectivity index (χ1v) is 13.1. The number of hydrogen-bond donors (Lipinski definition) is 2. The van der Waals surface area contributed by atoms with Crippen LogP contribution in [0, 0.1) is 0 Å². The van der Waals surface area contributed by atoms with Crippen molar-refractivity contribution < 1.29 is 19.0 Å². The Morgan fingerprint density at radius 1 is 0.829 bits per heavy atom. The summed E-state index contributed by atoms with van der Waals surface area (Å²) < 4.78 is 18.0. The van der Waals surface area contributed by atoms with Gasteiger partial charge in [0.2, 0.25) is 5.91 Å². The van der Waals surface area contributed by atoms with E-state index in [0.717, 1.165) is 11.3 Å². The molecule has 0 saturated carbocycles. The summed E-state index contributed by atoms with van der Waals surface area (Å²) in [6, 6.07) is 33.6. The molecule has 0 fully saturated rings. The predicted octanol–water partition coefficient (Wildman–Crippen LogP) is 5.26. The number of rotatable bonds is 13. The van der Waals surface area contributed by atoms with Crippen LogP contribution in [-0.2, 0) is 11.4 Å². The Hall–Kier alpha value is -5.22. The molecule has 0 bridgehead atoms. The number of anilines is 1. The van der Waals surface area contributed by atoms with Gasteiger partial charge in [-0.1, -0.05) is 65.9 Å². The highest BCUT2D eigenvalue weighted by molar-refractivity contribution is 5.92. The predicted molar refractivity (Wildman–Crippen MR) is 154 cm³/mol. The maximum atomic E-state index is 12.9. The molecule has 0 aliphatic rings. The second-order valence-electron chi connectivity index (χ2n) is 9.22. The first-order chi connectivity index (χ1) is 20.1. The van der Waals surface area contributed by atoms with Gasteiger partial charge < -0.3 is 19.5 Å². The average molecular weight is 551 g/mol. The van der Waals surface area contributed by atoms with E-state index in [4.69, 9.17) is 14.2 Å². The molecule has 1 aromatic heterocycles. The summed E-state index contributed by atoms with van der Waals surface area (Å²) in [5.74, 6) is 2.81. The number of amides is 1. The molecule has 0 spiro atoms. The van der Waals surface area contributed by atoms with Crippen molar-refractivity contribution in [3.63, 3.8) is 0 Å². The van der Waals surface area contributed by atoms with Crippen LogP contribution in [0.25, 0.3) is 0 Å². The molecule has 5 rings (SSSR count). The molecule has 10 heteroatoms. The van der Waals surface area contributed by atoms with Crippen LogP contribution in [0.1, 0.15) is 17.4 Å². The van der Waals surface area contributed by atoms with Crippen LogP contribution in [-0.4, -0.2) is 51.6 Å². The van der Waals surface area contributed by atoms with E-state index in [0.29, 0.717) is 35.4 Å². The summed E-state index contributed by atoms with van der Waals surface area (Å²) in [6.45, 7) is 0.645. The molecule has 0 aliphatic carbocycles. The van der Waals surface area contributed by atoms with Crippen LogP contribution in [0.2, 0.25) is 0 Å². The zero-order valence-corrected chi connectivity index (χ0v) is 22.5. The van der Waals surface area contributed by atoms with Crippen molar-refractivity contribution in [2.45, 2.75) is 12.6 Å². The molecule has 0 radical (unpaired) electrons. The van der Waals surface area contributed by atoms with E-state index in [1.54, 1.807) is 36.2 Å². The molecule has 1 unspecified atom stereocenters. The molecule has 208 valence electrons. The summed E-state index contributed by atoms with van der Waals surface area (Å²) in [4.78, 5) is 14.7. The number of carbonyl (C=O) groups is 1. The van der Waals surface area contributed by atoms with Gasteiger partial charge in [-0.15, -0.1) is 10.2 Å². The smallest absolute Gasteiger partial charge is 0.238 e. The summed E-state index contributed by atoms with van der Waals surface area (Å²) >= 11 is 0. The molecule has 0 aliphatic heterocycles. The second-order valence-corrected chi connectivity index (χ2v) is 9.22. The fraction of sp³-hybridized carbons (Fsp3) is 0.161. The molecule has 0 saturated heterocycles. The van der Waals surface area contributed by atoms with E-state index in [1.165, 1.54) is 0 Å². The minimum Gasteiger partial charge on any atom is -0.488 e. The van der Waals surface area contributed by atoms with E-state index in [1.807, 2.05) is 84.9 Å². The van der Waals surface area contributed by atoms with Crippen LogP contribution >= 0.6 is 0 Å². The van der Waals surface area contributed by atoms with Crippen molar-refractivity contribution in [2.24, 2.45) is 0 Å². The van der Waals surface area contributed by atoms with Gasteiger partial charge in [-0.3, -0.25) is 9.69 Å². The number of likely N-dealkylation sites (N-methyl/N-ethyl adjacent to an activating group) is 1. The fourth-order valence-corrected chi connectivity index (χ4v) is 4.07. The van der Waals surface area contributed by atoms with Gasteiger partial charge in [0.25, 0.3) is 0 Å². The Kier molecular flexibility index (Phi) is 9.15. The number of nitrogens with zero attached hydrogens (tertiary/aromatic N) is 4. The SMILES string of the molecule is CN(CC(=O)Nc1ccc(Oc2ccccc2)cc1)C(COc1ccccc1OCc1ccccc1)c1nn[nH]n1. The fourth-order valence-electron chi connectivity index (χ4n) is 4.07. The molecule has 1 atom stereocenters. The van der Waals surface area contributed by atoms with Gasteiger partial charge in [0.15, 0.2) is 17.3 Å². The maximum absolute atomic E-state index is 12.9. The topological polar surface area (TPSA) is 114 Å². The maximum Gasteiger partial charge on any atom is 0.238 e. The zero-order valence-electron chi connectivity index (χ0n) is 22.5. The number of para-hydroxylation sites is 3. The molecule has 5 aromatic rings. The summed E-state index contributed by atoms with van der Waals surface area (Å²) in [5.41, 5.74) is 1.71. The number of carbonyl (C=O) groups excluding carboxylic acids is 1. The number of nitrogens with one attached hydrogen (secondary N) is 2. The molecule has 2 N–H and O–H groups in total. The summed E-state index contributed by atoms with van der Waals surface area (Å²) in [7, 11) is 1.80. The zero-order chi connectivity index (χ0) is 28.3. The number of hydrogen-bond acceptors (Lipinski definition) is 8. The number of aromatic amines is 1. The Labute approximate surface area is 237 Å². The van der Waals surface area contributed by atoms with Gasteiger partial charge in [-0.25, -0.2) is 0 Å². The van der Waals surface area contributed by atoms with E-state index < -0.39 is 6.04 Å². The van der Waals surface area contributed by atoms with E-state index in [-0.39, 0.29) is 19.1 Å². The third kappa shape index (κ3) is 7.90. The quantitative estimate of drug-likeness (QED) is 0.204. The first-order valence-electron chi connectivity index (χ1n) is 13.1. The lowest BCUT2D eigenvalue weighted by molar-refractivity contribution is -0.117. The molecular formula is C31H30N6O4. The van der Waals surface area contributed by atoms with E-state index in [9.17, 15) is 4.79 Å². The Balaban J connectivity index is 1.18. The molecule has 41 heavy (non-hydrogen) atoms. The minimum absolute atomic E-state index is 0.0665. The molecular weight excluding hydrogens is 520 g/mol. The van der Waals surface area contributed by atoms with Crippen molar-refractivity contribution in [1.82, 2.24) is 25.5 Å². The molecule has 4 aromatic carbocycles. The monoisotopic (exact) mass is 550 g/mol. The number of benzene rings is 4. The van der Waals surface area contributed by atoms with Gasteiger partial charge >= 0.3 is 0 Å². The highest BCUT2D eigenvalue weighted by Gasteiger charge is 2.25. The van der Waals surface area contributed by atoms with Crippen LogP contribution in [0.4, 0.5) is 5.69 Å². The van der Waals surface area contributed by atoms with Crippen LogP contribution in [0.3, 0.4) is 0 Å². The number of ether oxygens (including phenoxy) is 3. The van der Waals surface area contributed by atoms with Crippen molar-refractivity contribution in [1.29, 1.82) is 0 Å². The summed E-state index contributed by atoms with van der Waals surface area (Å²) in [5, 5.41) is 17.4. The lowest BCUT2D eigenvalue weighted by atomic mass is 10.2. The lowest BCUT2D eigenvalue weighted by Crippen LogP contribution is -2.36. The number of tetrazole rings is 1. The molecule has 1 heterocycles. The van der Waals surface area contributed by atoms with Crippen molar-refractivity contribution >= 4 is 11.6 Å². The third-order valence-corrected chi connectivity index (χ3v) is 6.18. The minimum atomic E-state index is -0.455. The van der Waals surface area contributed by atoms with Crippen LogP contribution in [0.5, 0.6) is 23.0 Å². The van der Waals surface area contributed by atoms with Crippen molar-refractivity contribution in [3.05, 3.63) is 121 Å².